The van der Waals surface area contributed by atoms with Gasteiger partial charge in [0.05, 0.1) is 13.0 Å². The van der Waals surface area contributed by atoms with Crippen LogP contribution < -0.4 is 16.4 Å². The number of hydrogen-bond donors (Lipinski definition) is 4. The Bertz CT molecular complexity index is 278. The highest BCUT2D eigenvalue weighted by Gasteiger charge is 2.33. The number of amides is 3. The summed E-state index contributed by atoms with van der Waals surface area (Å²) in [6.45, 7) is -0.471. The number of carbonyl (C=O) groups excluding carboxylic acids is 3. The second-order valence-corrected chi connectivity index (χ2v) is 2.98. The smallest absolute Gasteiger partial charge is 0.245 e. The number of nitrogens with one attached hydrogen (secondary N) is 2. The fourth-order valence-electron chi connectivity index (χ4n) is 1.15. The van der Waals surface area contributed by atoms with Crippen LogP contribution in [0.1, 0.15) is 6.42 Å². The van der Waals surface area contributed by atoms with Gasteiger partial charge in [-0.05, 0) is 0 Å². The maximum absolute atomic E-state index is 11.2. The highest BCUT2D eigenvalue weighted by Crippen LogP contribution is 2.00. The molecule has 7 heteroatoms. The van der Waals surface area contributed by atoms with E-state index in [4.69, 9.17) is 10.8 Å². The standard InChI is InChI=1S/C7H11N3O4/c8-5(12)1-3-6(13)10-4(2-11)7(14)9-3/h3-4,11H,1-2H2,(H2,8,12)(H,9,14)(H,10,13)/t3-,4-/m0/s1. The second kappa shape index (κ2) is 4.05. The molecule has 0 aromatic heterocycles. The molecular weight excluding hydrogens is 190 g/mol. The van der Waals surface area contributed by atoms with Crippen molar-refractivity contribution in [2.45, 2.75) is 18.5 Å². The molecule has 3 amide bonds. The zero-order valence-corrected chi connectivity index (χ0v) is 7.32. The fraction of sp³-hybridized carbons (Fsp3) is 0.571. The number of aliphatic hydroxyl groups is 1. The lowest BCUT2D eigenvalue weighted by Gasteiger charge is -2.27. The van der Waals surface area contributed by atoms with E-state index in [-0.39, 0.29) is 6.42 Å². The number of carbonyl (C=O) groups is 3. The quantitative estimate of drug-likeness (QED) is 0.385. The van der Waals surface area contributed by atoms with Crippen LogP contribution in [0.5, 0.6) is 0 Å². The molecule has 0 spiro atoms. The largest absolute Gasteiger partial charge is 0.394 e. The van der Waals surface area contributed by atoms with Crippen LogP contribution in [-0.4, -0.2) is 41.5 Å². The van der Waals surface area contributed by atoms with Crippen molar-refractivity contribution < 1.29 is 19.5 Å². The molecule has 1 saturated heterocycles. The van der Waals surface area contributed by atoms with Crippen LogP contribution in [-0.2, 0) is 14.4 Å². The van der Waals surface area contributed by atoms with E-state index < -0.39 is 36.4 Å². The lowest BCUT2D eigenvalue weighted by molar-refractivity contribution is -0.139. The van der Waals surface area contributed by atoms with Crippen molar-refractivity contribution in [2.24, 2.45) is 5.73 Å². The van der Waals surface area contributed by atoms with Crippen LogP contribution in [0.2, 0.25) is 0 Å². The molecule has 0 bridgehead atoms. The Balaban J connectivity index is 2.62. The van der Waals surface area contributed by atoms with Gasteiger partial charge in [0.2, 0.25) is 17.7 Å². The SMILES string of the molecule is NC(=O)C[C@@H]1NC(=O)[C@H](CO)NC1=O. The van der Waals surface area contributed by atoms with Gasteiger partial charge in [0.15, 0.2) is 0 Å². The van der Waals surface area contributed by atoms with E-state index in [0.717, 1.165) is 0 Å². The Morgan fingerprint density at radius 3 is 2.29 bits per heavy atom. The van der Waals surface area contributed by atoms with Gasteiger partial charge >= 0.3 is 0 Å². The molecule has 1 aliphatic heterocycles. The third-order valence-electron chi connectivity index (χ3n) is 1.85. The van der Waals surface area contributed by atoms with E-state index in [2.05, 4.69) is 10.6 Å². The number of rotatable bonds is 3. The number of primary amides is 1. The zero-order valence-electron chi connectivity index (χ0n) is 7.32. The normalized spacial score (nSPS) is 26.6. The summed E-state index contributed by atoms with van der Waals surface area (Å²) in [7, 11) is 0. The Hall–Kier alpha value is -1.63. The third-order valence-corrected chi connectivity index (χ3v) is 1.85. The van der Waals surface area contributed by atoms with E-state index in [0.29, 0.717) is 0 Å². The van der Waals surface area contributed by atoms with Crippen molar-refractivity contribution in [1.82, 2.24) is 10.6 Å². The molecule has 1 heterocycles. The van der Waals surface area contributed by atoms with Crippen LogP contribution in [0.3, 0.4) is 0 Å². The number of hydrogen-bond acceptors (Lipinski definition) is 4. The molecule has 0 aliphatic carbocycles. The van der Waals surface area contributed by atoms with E-state index in [1.807, 2.05) is 0 Å². The van der Waals surface area contributed by atoms with Gasteiger partial charge in [-0.2, -0.15) is 0 Å². The maximum atomic E-state index is 11.2. The lowest BCUT2D eigenvalue weighted by atomic mass is 10.1. The van der Waals surface area contributed by atoms with Crippen molar-refractivity contribution in [1.29, 1.82) is 0 Å². The summed E-state index contributed by atoms with van der Waals surface area (Å²) in [5.41, 5.74) is 4.88. The van der Waals surface area contributed by atoms with E-state index in [1.54, 1.807) is 0 Å². The Labute approximate surface area is 79.6 Å². The first-order chi connectivity index (χ1) is 6.54. The van der Waals surface area contributed by atoms with Crippen molar-refractivity contribution in [3.8, 4) is 0 Å². The first-order valence-corrected chi connectivity index (χ1v) is 4.04. The van der Waals surface area contributed by atoms with Crippen LogP contribution in [0, 0.1) is 0 Å². The van der Waals surface area contributed by atoms with Crippen molar-refractivity contribution in [3.63, 3.8) is 0 Å². The fourth-order valence-corrected chi connectivity index (χ4v) is 1.15. The third kappa shape index (κ3) is 2.19. The second-order valence-electron chi connectivity index (χ2n) is 2.98. The summed E-state index contributed by atoms with van der Waals surface area (Å²) in [5, 5.41) is 13.2. The minimum absolute atomic E-state index is 0.240. The molecule has 0 saturated carbocycles. The molecule has 5 N–H and O–H groups in total. The van der Waals surface area contributed by atoms with Crippen molar-refractivity contribution in [2.75, 3.05) is 6.61 Å². The highest BCUT2D eigenvalue weighted by atomic mass is 16.3. The number of nitrogens with two attached hydrogens (primary N) is 1. The maximum Gasteiger partial charge on any atom is 0.245 e. The van der Waals surface area contributed by atoms with Gasteiger partial charge in [0.1, 0.15) is 12.1 Å². The summed E-state index contributed by atoms with van der Waals surface area (Å²) in [5.74, 6) is -1.70. The van der Waals surface area contributed by atoms with Gasteiger partial charge < -0.3 is 21.5 Å². The van der Waals surface area contributed by atoms with E-state index in [9.17, 15) is 14.4 Å². The molecule has 14 heavy (non-hydrogen) atoms. The predicted molar refractivity (Wildman–Crippen MR) is 44.8 cm³/mol. The molecule has 2 atom stereocenters. The molecule has 0 aromatic rings. The first-order valence-electron chi connectivity index (χ1n) is 4.04. The van der Waals surface area contributed by atoms with Gasteiger partial charge in [-0.3, -0.25) is 14.4 Å². The van der Waals surface area contributed by atoms with Gasteiger partial charge in [0.25, 0.3) is 0 Å². The number of aliphatic hydroxyl groups excluding tert-OH is 1. The number of piperazine rings is 1. The van der Waals surface area contributed by atoms with Crippen LogP contribution in [0.15, 0.2) is 0 Å². The highest BCUT2D eigenvalue weighted by molar-refractivity contribution is 5.99. The van der Waals surface area contributed by atoms with Gasteiger partial charge in [-0.25, -0.2) is 0 Å². The summed E-state index contributed by atoms with van der Waals surface area (Å²) >= 11 is 0. The Kier molecular flexibility index (Phi) is 3.03. The molecule has 0 unspecified atom stereocenters. The van der Waals surface area contributed by atoms with Gasteiger partial charge in [-0.1, -0.05) is 0 Å². The topological polar surface area (TPSA) is 122 Å². The molecule has 0 radical (unpaired) electrons. The lowest BCUT2D eigenvalue weighted by Crippen LogP contribution is -2.63. The molecule has 78 valence electrons. The van der Waals surface area contributed by atoms with Gasteiger partial charge in [-0.15, -0.1) is 0 Å². The predicted octanol–water partition coefficient (Wildman–Crippen LogP) is -3.16. The van der Waals surface area contributed by atoms with Crippen molar-refractivity contribution in [3.05, 3.63) is 0 Å². The average molecular weight is 201 g/mol. The summed E-state index contributed by atoms with van der Waals surface area (Å²) in [6, 6.07) is -1.87. The van der Waals surface area contributed by atoms with E-state index in [1.165, 1.54) is 0 Å². The zero-order chi connectivity index (χ0) is 10.7. The van der Waals surface area contributed by atoms with E-state index >= 15 is 0 Å². The molecular formula is C7H11N3O4. The monoisotopic (exact) mass is 201 g/mol. The van der Waals surface area contributed by atoms with Crippen molar-refractivity contribution >= 4 is 17.7 Å². The Morgan fingerprint density at radius 1 is 1.29 bits per heavy atom. The molecule has 1 aliphatic rings. The van der Waals surface area contributed by atoms with Crippen LogP contribution in [0.4, 0.5) is 0 Å². The molecule has 1 rings (SSSR count). The minimum atomic E-state index is -0.938. The summed E-state index contributed by atoms with van der Waals surface area (Å²) < 4.78 is 0. The summed E-state index contributed by atoms with van der Waals surface area (Å²) in [4.78, 5) is 32.8. The molecule has 0 aromatic carbocycles. The first kappa shape index (κ1) is 10.5. The molecule has 7 nitrogen and oxygen atoms in total. The Morgan fingerprint density at radius 2 is 1.79 bits per heavy atom. The summed E-state index contributed by atoms with van der Waals surface area (Å²) in [6.07, 6.45) is -0.240. The molecule has 1 fully saturated rings. The minimum Gasteiger partial charge on any atom is -0.394 e. The van der Waals surface area contributed by atoms with Gasteiger partial charge in [0, 0.05) is 0 Å². The van der Waals surface area contributed by atoms with Crippen LogP contribution >= 0.6 is 0 Å². The van der Waals surface area contributed by atoms with Crippen LogP contribution in [0.25, 0.3) is 0 Å². The average Bonchev–Trinajstić information content (AvgIpc) is 2.10.